The van der Waals surface area contributed by atoms with E-state index in [1.165, 1.54) is 5.56 Å². The van der Waals surface area contributed by atoms with Crippen molar-refractivity contribution in [3.63, 3.8) is 0 Å². The zero-order valence-corrected chi connectivity index (χ0v) is 11.4. The van der Waals surface area contributed by atoms with E-state index in [1.807, 2.05) is 6.20 Å². The molecule has 0 bridgehead atoms. The van der Waals surface area contributed by atoms with Gasteiger partial charge in [-0.2, -0.15) is 0 Å². The summed E-state index contributed by atoms with van der Waals surface area (Å²) in [4.78, 5) is 15.1. The maximum Gasteiger partial charge on any atom is 0.303 e. The van der Waals surface area contributed by atoms with Crippen molar-refractivity contribution in [1.29, 1.82) is 0 Å². The maximum absolute atomic E-state index is 10.7. The second-order valence-corrected chi connectivity index (χ2v) is 5.37. The van der Waals surface area contributed by atoms with E-state index in [2.05, 4.69) is 29.4 Å². The van der Waals surface area contributed by atoms with E-state index >= 15 is 0 Å². The average Bonchev–Trinajstić information content (AvgIpc) is 2.84. The van der Waals surface area contributed by atoms with Gasteiger partial charge in [0.1, 0.15) is 0 Å². The summed E-state index contributed by atoms with van der Waals surface area (Å²) in [5, 5.41) is 12.3. The van der Waals surface area contributed by atoms with Crippen LogP contribution >= 0.6 is 0 Å². The van der Waals surface area contributed by atoms with E-state index in [0.29, 0.717) is 18.4 Å². The number of carbonyl (C=O) groups is 1. The Morgan fingerprint density at radius 3 is 2.95 bits per heavy atom. The lowest BCUT2D eigenvalue weighted by Crippen LogP contribution is -2.26. The molecule has 0 aliphatic heterocycles. The van der Waals surface area contributed by atoms with Crippen LogP contribution in [0, 0.1) is 5.92 Å². The fourth-order valence-electron chi connectivity index (χ4n) is 2.71. The minimum Gasteiger partial charge on any atom is -0.481 e. The molecule has 0 amide bonds. The third-order valence-electron chi connectivity index (χ3n) is 3.87. The van der Waals surface area contributed by atoms with Crippen molar-refractivity contribution in [3.8, 4) is 0 Å². The third kappa shape index (κ3) is 4.31. The number of pyridine rings is 1. The van der Waals surface area contributed by atoms with Crippen LogP contribution < -0.4 is 5.32 Å². The molecule has 19 heavy (non-hydrogen) atoms. The predicted octanol–water partition coefficient (Wildman–Crippen LogP) is 2.38. The molecule has 0 saturated heterocycles. The van der Waals surface area contributed by atoms with Crippen LogP contribution in [0.2, 0.25) is 0 Å². The molecule has 0 radical (unpaired) electrons. The van der Waals surface area contributed by atoms with Crippen LogP contribution in [0.1, 0.15) is 43.9 Å². The summed E-state index contributed by atoms with van der Waals surface area (Å²) in [6, 6.07) is 4.62. The molecule has 1 saturated carbocycles. The Balaban J connectivity index is 1.75. The molecule has 0 unspecified atom stereocenters. The molecule has 1 heterocycles. The van der Waals surface area contributed by atoms with Gasteiger partial charge in [0.05, 0.1) is 5.69 Å². The summed E-state index contributed by atoms with van der Waals surface area (Å²) in [5.41, 5.74) is 2.31. The highest BCUT2D eigenvalue weighted by molar-refractivity contribution is 5.67. The molecule has 0 aromatic carbocycles. The van der Waals surface area contributed by atoms with E-state index in [-0.39, 0.29) is 0 Å². The number of carboxylic acid groups (broad SMARTS) is 1. The Morgan fingerprint density at radius 2 is 2.32 bits per heavy atom. The lowest BCUT2D eigenvalue weighted by Gasteiger charge is -2.12. The molecular formula is C15H22N2O2. The first-order valence-corrected chi connectivity index (χ1v) is 7.06. The van der Waals surface area contributed by atoms with Crippen molar-refractivity contribution in [1.82, 2.24) is 10.3 Å². The van der Waals surface area contributed by atoms with E-state index in [1.54, 1.807) is 0 Å². The minimum absolute atomic E-state index is 0.307. The van der Waals surface area contributed by atoms with Gasteiger partial charge in [0.2, 0.25) is 0 Å². The van der Waals surface area contributed by atoms with Crippen molar-refractivity contribution >= 4 is 5.97 Å². The maximum atomic E-state index is 10.7. The second-order valence-electron chi connectivity index (χ2n) is 5.37. The number of nitrogens with one attached hydrogen (secondary N) is 1. The predicted molar refractivity (Wildman–Crippen MR) is 73.8 cm³/mol. The summed E-state index contributed by atoms with van der Waals surface area (Å²) in [6.07, 6.45) is 6.32. The molecule has 4 nitrogen and oxygen atoms in total. The topological polar surface area (TPSA) is 62.2 Å². The summed E-state index contributed by atoms with van der Waals surface area (Å²) >= 11 is 0. The minimum atomic E-state index is -0.678. The summed E-state index contributed by atoms with van der Waals surface area (Å²) < 4.78 is 0. The Kier molecular flexibility index (Phi) is 4.91. The lowest BCUT2D eigenvalue weighted by atomic mass is 10.0. The van der Waals surface area contributed by atoms with Crippen LogP contribution in [0.15, 0.2) is 18.3 Å². The Bertz CT molecular complexity index is 417. The summed E-state index contributed by atoms with van der Waals surface area (Å²) in [5.74, 6) is -0.340. The van der Waals surface area contributed by atoms with Gasteiger partial charge < -0.3 is 10.4 Å². The van der Waals surface area contributed by atoms with Crippen molar-refractivity contribution in [3.05, 3.63) is 29.6 Å². The van der Waals surface area contributed by atoms with Crippen LogP contribution in [-0.4, -0.2) is 22.1 Å². The molecule has 104 valence electrons. The van der Waals surface area contributed by atoms with Gasteiger partial charge in [0.25, 0.3) is 0 Å². The van der Waals surface area contributed by atoms with Gasteiger partial charge in [-0.25, -0.2) is 0 Å². The van der Waals surface area contributed by atoms with Crippen molar-refractivity contribution < 1.29 is 9.90 Å². The van der Waals surface area contributed by atoms with Gasteiger partial charge in [0.15, 0.2) is 0 Å². The standard InChI is InChI=1S/C15H22N2O2/c1-2-11-3-6-14(16-9-11)10-17-13-5-4-12(7-13)8-15(18)19/h3,6,9,12-13,17H,2,4-5,7-8,10H2,1H3,(H,18,19)/t12-,13+/m0/s1. The molecule has 1 aliphatic carbocycles. The lowest BCUT2D eigenvalue weighted by molar-refractivity contribution is -0.138. The molecule has 2 N–H and O–H groups in total. The van der Waals surface area contributed by atoms with Crippen molar-refractivity contribution in [2.24, 2.45) is 5.92 Å². The molecule has 1 aliphatic rings. The Morgan fingerprint density at radius 1 is 1.47 bits per heavy atom. The Hall–Kier alpha value is -1.42. The second kappa shape index (κ2) is 6.66. The van der Waals surface area contributed by atoms with Crippen LogP contribution in [0.4, 0.5) is 0 Å². The third-order valence-corrected chi connectivity index (χ3v) is 3.87. The van der Waals surface area contributed by atoms with Crippen molar-refractivity contribution in [2.75, 3.05) is 0 Å². The fourth-order valence-corrected chi connectivity index (χ4v) is 2.71. The van der Waals surface area contributed by atoms with Gasteiger partial charge in [-0.1, -0.05) is 13.0 Å². The highest BCUT2D eigenvalue weighted by atomic mass is 16.4. The number of aliphatic carboxylic acids is 1. The van der Waals surface area contributed by atoms with Crippen molar-refractivity contribution in [2.45, 2.75) is 51.6 Å². The fraction of sp³-hybridized carbons (Fsp3) is 0.600. The van der Waals surface area contributed by atoms with Gasteiger partial charge in [-0.3, -0.25) is 9.78 Å². The SMILES string of the molecule is CCc1ccc(CN[C@@H]2CC[C@H](CC(=O)O)C2)nc1. The summed E-state index contributed by atoms with van der Waals surface area (Å²) in [6.45, 7) is 2.89. The molecule has 2 atom stereocenters. The normalized spacial score (nSPS) is 22.6. The van der Waals surface area contributed by atoms with Crippen LogP contribution in [0.25, 0.3) is 0 Å². The number of hydrogen-bond donors (Lipinski definition) is 2. The highest BCUT2D eigenvalue weighted by Gasteiger charge is 2.25. The summed E-state index contributed by atoms with van der Waals surface area (Å²) in [7, 11) is 0. The molecule has 1 aromatic heterocycles. The first kappa shape index (κ1) is 14.0. The van der Waals surface area contributed by atoms with E-state index < -0.39 is 5.97 Å². The molecular weight excluding hydrogens is 240 g/mol. The zero-order chi connectivity index (χ0) is 13.7. The first-order chi connectivity index (χ1) is 9.17. The van der Waals surface area contributed by atoms with E-state index in [4.69, 9.17) is 5.11 Å². The largest absolute Gasteiger partial charge is 0.481 e. The van der Waals surface area contributed by atoms with Gasteiger partial charge >= 0.3 is 5.97 Å². The smallest absolute Gasteiger partial charge is 0.303 e. The van der Waals surface area contributed by atoms with E-state index in [9.17, 15) is 4.79 Å². The molecule has 1 fully saturated rings. The molecule has 0 spiro atoms. The average molecular weight is 262 g/mol. The molecule has 4 heteroatoms. The number of carboxylic acids is 1. The van der Waals surface area contributed by atoms with Crippen LogP contribution in [-0.2, 0) is 17.8 Å². The monoisotopic (exact) mass is 262 g/mol. The quantitative estimate of drug-likeness (QED) is 0.826. The zero-order valence-electron chi connectivity index (χ0n) is 11.4. The van der Waals surface area contributed by atoms with Crippen LogP contribution in [0.5, 0.6) is 0 Å². The van der Waals surface area contributed by atoms with Crippen LogP contribution in [0.3, 0.4) is 0 Å². The van der Waals surface area contributed by atoms with E-state index in [0.717, 1.165) is 37.9 Å². The first-order valence-electron chi connectivity index (χ1n) is 7.06. The number of rotatable bonds is 6. The molecule has 2 rings (SSSR count). The van der Waals surface area contributed by atoms with Gasteiger partial charge in [0, 0.05) is 25.2 Å². The van der Waals surface area contributed by atoms with Gasteiger partial charge in [-0.15, -0.1) is 0 Å². The number of aromatic nitrogens is 1. The van der Waals surface area contributed by atoms with Gasteiger partial charge in [-0.05, 0) is 43.2 Å². The number of aryl methyl sites for hydroxylation is 1. The molecule has 1 aromatic rings. The highest BCUT2D eigenvalue weighted by Crippen LogP contribution is 2.28. The number of nitrogens with zero attached hydrogens (tertiary/aromatic N) is 1. The number of hydrogen-bond acceptors (Lipinski definition) is 3. The Labute approximate surface area is 114 Å².